The Morgan fingerprint density at radius 2 is 1.36 bits per heavy atom. The van der Waals surface area contributed by atoms with Crippen molar-refractivity contribution in [2.45, 2.75) is 43.9 Å². The molecule has 0 aliphatic carbocycles. The van der Waals surface area contributed by atoms with Gasteiger partial charge < -0.3 is 8.98 Å². The van der Waals surface area contributed by atoms with Crippen LogP contribution in [-0.2, 0) is 20.1 Å². The first-order valence-electron chi connectivity index (χ1n) is 20.9. The summed E-state index contributed by atoms with van der Waals surface area (Å²) in [4.78, 5) is 14.5. The Bertz CT molecular complexity index is 3110. The van der Waals surface area contributed by atoms with Gasteiger partial charge in [-0.3, -0.25) is 4.98 Å². The first-order valence-corrected chi connectivity index (χ1v) is 27.7. The van der Waals surface area contributed by atoms with Gasteiger partial charge in [0, 0.05) is 42.3 Å². The molecule has 0 aliphatic rings. The molecular formula is C54H46GeIrN4O-2. The van der Waals surface area contributed by atoms with E-state index in [-0.39, 0.29) is 20.1 Å². The van der Waals surface area contributed by atoms with E-state index in [1.807, 2.05) is 75.5 Å². The van der Waals surface area contributed by atoms with Crippen LogP contribution in [0.3, 0.4) is 0 Å². The van der Waals surface area contributed by atoms with Gasteiger partial charge in [-0.15, -0.1) is 18.2 Å². The summed E-state index contributed by atoms with van der Waals surface area (Å²) in [5.41, 5.74) is 13.6. The molecule has 0 N–H and O–H groups in total. The van der Waals surface area contributed by atoms with Crippen molar-refractivity contribution in [2.24, 2.45) is 0 Å². The van der Waals surface area contributed by atoms with E-state index in [0.717, 1.165) is 89.2 Å². The van der Waals surface area contributed by atoms with E-state index in [1.54, 1.807) is 0 Å². The summed E-state index contributed by atoms with van der Waals surface area (Å²) < 4.78 is 18.5. The van der Waals surface area contributed by atoms with Crippen LogP contribution in [0.25, 0.3) is 83.7 Å². The third-order valence-electron chi connectivity index (χ3n) is 10.9. The number of hydrogen-bond acceptors (Lipinski definition) is 4. The molecule has 61 heavy (non-hydrogen) atoms. The molecule has 303 valence electrons. The van der Waals surface area contributed by atoms with Crippen molar-refractivity contribution in [3.8, 4) is 50.6 Å². The molecule has 4 aromatic heterocycles. The van der Waals surface area contributed by atoms with E-state index < -0.39 is 19.2 Å². The number of hydrogen-bond donors (Lipinski definition) is 0. The van der Waals surface area contributed by atoms with Crippen LogP contribution in [0.5, 0.6) is 0 Å². The van der Waals surface area contributed by atoms with E-state index in [2.05, 4.69) is 153 Å². The van der Waals surface area contributed by atoms with Crippen LogP contribution in [0.4, 0.5) is 0 Å². The SMILES string of the molecule is Cc1ccc2c(n1)oc1c(-c3nc4ccccc4n3-c3c(-c4ccccc4)cccc3-c3ccccc3)[c-]ccc12.[2H]C(C)(C)c1cc(-c2[c-]cccc2)nc[c]1[Ge]([CH3])([CH3])[CH3].[Ir]. The number of rotatable bonds is 7. The van der Waals surface area contributed by atoms with Crippen LogP contribution in [0, 0.1) is 19.1 Å². The summed E-state index contributed by atoms with van der Waals surface area (Å²) in [5, 5.41) is 1.98. The average Bonchev–Trinajstić information content (AvgIpc) is 3.84. The number of aryl methyl sites for hydroxylation is 1. The van der Waals surface area contributed by atoms with Crippen LogP contribution in [-0.4, -0.2) is 32.8 Å². The van der Waals surface area contributed by atoms with Crippen LogP contribution >= 0.6 is 0 Å². The van der Waals surface area contributed by atoms with Crippen molar-refractivity contribution in [1.82, 2.24) is 19.5 Å². The third-order valence-corrected chi connectivity index (χ3v) is 15.1. The Kier molecular flexibility index (Phi) is 11.7. The number of pyridine rings is 2. The molecule has 10 rings (SSSR count). The molecule has 1 radical (unpaired) electrons. The molecule has 0 saturated carbocycles. The van der Waals surface area contributed by atoms with Gasteiger partial charge in [-0.25, -0.2) is 4.98 Å². The first-order chi connectivity index (χ1) is 29.5. The van der Waals surface area contributed by atoms with E-state index in [1.165, 1.54) is 4.40 Å². The van der Waals surface area contributed by atoms with Crippen molar-refractivity contribution < 1.29 is 25.9 Å². The maximum Gasteiger partial charge on any atom is 0 e. The maximum atomic E-state index is 8.44. The van der Waals surface area contributed by atoms with E-state index >= 15 is 0 Å². The van der Waals surface area contributed by atoms with Gasteiger partial charge in [0.2, 0.25) is 5.71 Å². The molecule has 6 aromatic carbocycles. The summed E-state index contributed by atoms with van der Waals surface area (Å²) in [7, 11) is 0. The van der Waals surface area contributed by atoms with Gasteiger partial charge in [-0.1, -0.05) is 102 Å². The molecule has 0 spiro atoms. The zero-order valence-electron chi connectivity index (χ0n) is 36.1. The van der Waals surface area contributed by atoms with Crippen LogP contribution < -0.4 is 4.40 Å². The minimum atomic E-state index is -2.03. The maximum absolute atomic E-state index is 8.44. The fourth-order valence-electron chi connectivity index (χ4n) is 7.95. The Labute approximate surface area is 375 Å². The molecule has 4 heterocycles. The van der Waals surface area contributed by atoms with Gasteiger partial charge >= 0.3 is 120 Å². The van der Waals surface area contributed by atoms with Gasteiger partial charge in [-0.2, -0.15) is 0 Å². The van der Waals surface area contributed by atoms with E-state index in [4.69, 9.17) is 10.8 Å². The monoisotopic (exact) mass is 1030 g/mol. The second kappa shape index (κ2) is 17.6. The van der Waals surface area contributed by atoms with Crippen LogP contribution in [0.1, 0.15) is 32.4 Å². The van der Waals surface area contributed by atoms with Gasteiger partial charge in [0.1, 0.15) is 0 Å². The molecule has 0 fully saturated rings. The first kappa shape index (κ1) is 40.5. The Morgan fingerprint density at radius 3 is 2.02 bits per heavy atom. The molecule has 7 heteroatoms. The largest absolute Gasteiger partial charge is 0 e. The van der Waals surface area contributed by atoms with Crippen molar-refractivity contribution in [3.05, 3.63) is 187 Å². The zero-order valence-corrected chi connectivity index (χ0v) is 39.6. The number of imidazole rings is 1. The summed E-state index contributed by atoms with van der Waals surface area (Å²) in [6.45, 7) is 5.89. The van der Waals surface area contributed by atoms with E-state index in [9.17, 15) is 0 Å². The van der Waals surface area contributed by atoms with Crippen molar-refractivity contribution >= 4 is 50.8 Å². The molecule has 10 aromatic rings. The molecular weight excluding hydrogens is 985 g/mol. The van der Waals surface area contributed by atoms with Gasteiger partial charge in [0.05, 0.1) is 28.1 Å². The average molecular weight is 1030 g/mol. The molecule has 0 atom stereocenters. The summed E-state index contributed by atoms with van der Waals surface area (Å²) in [6.07, 6.45) is 2.00. The predicted octanol–water partition coefficient (Wildman–Crippen LogP) is 13.6. The minimum absolute atomic E-state index is 0. The number of benzene rings is 6. The van der Waals surface area contributed by atoms with Gasteiger partial charge in [0.15, 0.2) is 0 Å². The Morgan fingerprint density at radius 1 is 0.689 bits per heavy atom. The third kappa shape index (κ3) is 8.28. The van der Waals surface area contributed by atoms with Crippen molar-refractivity contribution in [3.63, 3.8) is 0 Å². The molecule has 5 nitrogen and oxygen atoms in total. The topological polar surface area (TPSA) is 56.7 Å². The molecule has 0 saturated heterocycles. The number of para-hydroxylation sites is 3. The fraction of sp³-hybridized carbons (Fsp3) is 0.130. The fourth-order valence-corrected chi connectivity index (χ4v) is 11.3. The molecule has 0 aliphatic heterocycles. The van der Waals surface area contributed by atoms with Gasteiger partial charge in [-0.05, 0) is 42.3 Å². The van der Waals surface area contributed by atoms with Crippen LogP contribution in [0.2, 0.25) is 17.3 Å². The summed E-state index contributed by atoms with van der Waals surface area (Å²) >= 11 is -2.03. The van der Waals surface area contributed by atoms with Gasteiger partial charge in [0.25, 0.3) is 0 Å². The number of fused-ring (bicyclic) bond motifs is 4. The number of aromatic nitrogens is 4. The number of nitrogens with zero attached hydrogens (tertiary/aromatic N) is 4. The zero-order chi connectivity index (χ0) is 42.3. The molecule has 0 amide bonds. The molecule has 0 bridgehead atoms. The second-order valence-electron chi connectivity index (χ2n) is 16.3. The predicted molar refractivity (Wildman–Crippen MR) is 252 cm³/mol. The Hall–Kier alpha value is -5.92. The molecule has 0 unspecified atom stereocenters. The normalized spacial score (nSPS) is 11.9. The summed E-state index contributed by atoms with van der Waals surface area (Å²) in [6, 6.07) is 60.6. The van der Waals surface area contributed by atoms with E-state index in [0.29, 0.717) is 5.71 Å². The smallest absolute Gasteiger partial charge is 0 e. The minimum Gasteiger partial charge on any atom is 0 e. The second-order valence-corrected chi connectivity index (χ2v) is 26.9. The van der Waals surface area contributed by atoms with Crippen molar-refractivity contribution in [2.75, 3.05) is 0 Å². The van der Waals surface area contributed by atoms with Crippen LogP contribution in [0.15, 0.2) is 168 Å². The van der Waals surface area contributed by atoms with Crippen molar-refractivity contribution in [1.29, 1.82) is 0 Å². The Balaban J connectivity index is 0.000000214. The standard InChI is InChI=1S/C37H24N3O.C17H22GeN.Ir/c1-24-22-23-30-29-18-11-19-31(35(29)41-37(30)38-24)36-39-32-20-8-9-21-33(32)40(36)34-27(25-12-4-2-5-13-25)16-10-17-28(34)26-14-6-3-7-15-26;1-13(2)15-11-17(14-9-7-6-8-10-14)19-12-16(15)18(3,4)5;/h2-18,20-23H,1H3;6-9,11-13H,1-5H3;/q2*-1;/i;13D;. The quantitative estimate of drug-likeness (QED) is 0.118. The summed E-state index contributed by atoms with van der Waals surface area (Å²) in [5.74, 6) is 7.22. The number of furan rings is 1.